The molecule has 4 N–H and O–H groups in total. The van der Waals surface area contributed by atoms with Gasteiger partial charge in [-0.25, -0.2) is 19.6 Å². The van der Waals surface area contributed by atoms with Crippen molar-refractivity contribution < 1.29 is 38.6 Å². The minimum atomic E-state index is -1.93. The maximum atomic E-state index is 13.6. The number of unbranched alkanes of at least 4 members (excludes halogenated alkanes) is 4. The van der Waals surface area contributed by atoms with Crippen LogP contribution in [0, 0.1) is 0 Å². The number of likely N-dealkylation sites (N-methyl/N-ethyl adjacent to an activating group) is 1. The number of carbonyl (C=O) groups is 5. The second kappa shape index (κ2) is 16.7. The van der Waals surface area contributed by atoms with E-state index in [1.807, 2.05) is 6.92 Å². The predicted octanol–water partition coefficient (Wildman–Crippen LogP) is 3.78. The first-order chi connectivity index (χ1) is 25.7. The van der Waals surface area contributed by atoms with Crippen molar-refractivity contribution in [3.8, 4) is 17.1 Å². The van der Waals surface area contributed by atoms with Gasteiger partial charge < -0.3 is 35.1 Å². The summed E-state index contributed by atoms with van der Waals surface area (Å²) in [6, 6.07) is 6.09. The number of benzene rings is 1. The third kappa shape index (κ3) is 8.20. The molecule has 0 unspecified atom stereocenters. The topological polar surface area (TPSA) is 213 Å². The van der Waals surface area contributed by atoms with E-state index in [4.69, 9.17) is 20.2 Å². The average molecular weight is 745 g/mol. The second-order valence-electron chi connectivity index (χ2n) is 13.9. The number of aryl methyl sites for hydroxylation is 1. The van der Waals surface area contributed by atoms with Gasteiger partial charge >= 0.3 is 12.1 Å². The van der Waals surface area contributed by atoms with Gasteiger partial charge in [0.05, 0.1) is 35.4 Å². The van der Waals surface area contributed by atoms with E-state index in [0.717, 1.165) is 42.2 Å². The molecule has 0 bridgehead atoms. The molecule has 0 saturated heterocycles. The summed E-state index contributed by atoms with van der Waals surface area (Å²) in [6.45, 7) is 7.42. The Labute approximate surface area is 312 Å². The van der Waals surface area contributed by atoms with E-state index in [9.17, 15) is 33.9 Å². The number of hydrogen-bond donors (Lipinski definition) is 3. The lowest BCUT2D eigenvalue weighted by Crippen LogP contribution is -2.46. The predicted molar refractivity (Wildman–Crippen MR) is 200 cm³/mol. The van der Waals surface area contributed by atoms with Gasteiger partial charge in [0, 0.05) is 42.6 Å². The van der Waals surface area contributed by atoms with E-state index in [0.29, 0.717) is 29.7 Å². The second-order valence-corrected chi connectivity index (χ2v) is 13.9. The molecule has 3 aromatic rings. The van der Waals surface area contributed by atoms with Gasteiger partial charge in [0.25, 0.3) is 11.5 Å². The molecule has 54 heavy (non-hydrogen) atoms. The Kier molecular flexibility index (Phi) is 12.3. The Morgan fingerprint density at radius 2 is 1.85 bits per heavy atom. The van der Waals surface area contributed by atoms with Gasteiger partial charge in [0.15, 0.2) is 5.60 Å². The van der Waals surface area contributed by atoms with Crippen molar-refractivity contribution >= 4 is 46.4 Å². The number of aromatic nitrogens is 2. The van der Waals surface area contributed by atoms with Gasteiger partial charge in [-0.05, 0) is 56.0 Å². The zero-order valence-electron chi connectivity index (χ0n) is 31.5. The van der Waals surface area contributed by atoms with Gasteiger partial charge in [0.1, 0.15) is 18.1 Å². The summed E-state index contributed by atoms with van der Waals surface area (Å²) in [5.41, 5.74) is 6.62. The normalized spacial score (nSPS) is 16.6. The SMILES string of the molecule is CCCCCCCC(=O)/N=C(\CC(N)=O)C(=O)N[C@@H](C)CN(C)C(=O)Oc1ccc2nc3c(c(CC)c2c1)Cn1c-3cc2c(c1=O)COC(=O)[C@]2(O)CC. The lowest BCUT2D eigenvalue weighted by atomic mass is 9.86. The van der Waals surface area contributed by atoms with Crippen molar-refractivity contribution in [2.45, 2.75) is 110 Å². The number of aliphatic hydroxyl groups is 1. The quantitative estimate of drug-likeness (QED) is 0.0910. The number of cyclic esters (lactones) is 1. The Hall–Kier alpha value is -5.44. The summed E-state index contributed by atoms with van der Waals surface area (Å²) in [4.78, 5) is 86.4. The number of carbonyl (C=O) groups excluding carboxylic acids is 5. The minimum absolute atomic E-state index is 0.0312. The van der Waals surface area contributed by atoms with Gasteiger partial charge in [0.2, 0.25) is 11.8 Å². The molecule has 2 atom stereocenters. The number of esters is 1. The summed E-state index contributed by atoms with van der Waals surface area (Å²) in [6.07, 6.45) is 4.23. The van der Waals surface area contributed by atoms with Crippen LogP contribution in [0.1, 0.15) is 101 Å². The number of nitrogens with two attached hydrogens (primary N) is 1. The molecule has 15 heteroatoms. The number of ether oxygens (including phenoxy) is 2. The highest BCUT2D eigenvalue weighted by molar-refractivity contribution is 6.43. The summed E-state index contributed by atoms with van der Waals surface area (Å²) in [5.74, 6) is -2.56. The summed E-state index contributed by atoms with van der Waals surface area (Å²) >= 11 is 0. The fraction of sp³-hybridized carbons (Fsp3) is 0.487. The molecule has 0 saturated carbocycles. The number of primary amides is 1. The molecule has 2 aliphatic heterocycles. The van der Waals surface area contributed by atoms with Crippen LogP contribution in [0.4, 0.5) is 4.79 Å². The molecule has 1 aromatic carbocycles. The van der Waals surface area contributed by atoms with Crippen molar-refractivity contribution in [1.29, 1.82) is 0 Å². The molecule has 4 amide bonds. The van der Waals surface area contributed by atoms with Gasteiger partial charge in [-0.2, -0.15) is 0 Å². The van der Waals surface area contributed by atoms with Crippen molar-refractivity contribution in [1.82, 2.24) is 19.8 Å². The standard InChI is InChI=1S/C39H48N6O9/c1-6-9-10-11-12-13-33(47)42-30(18-32(40)46)35(48)41-22(4)19-44(5)38(51)54-23-14-15-29-25(16-23)24(7-2)26-20-45-31(34(26)43-29)17-28-27(36(45)49)21-53-37(50)39(28,52)8-3/h14-17,22,52H,6-13,18-21H2,1-5H3,(H2,40,46)(H,41,48)/b42-30+/t22-,39-/m0/s1. The van der Waals surface area contributed by atoms with E-state index < -0.39 is 47.8 Å². The lowest BCUT2D eigenvalue weighted by molar-refractivity contribution is -0.172. The fourth-order valence-electron chi connectivity index (χ4n) is 7.05. The number of nitrogens with zero attached hydrogens (tertiary/aromatic N) is 4. The van der Waals surface area contributed by atoms with Crippen molar-refractivity contribution in [2.24, 2.45) is 10.7 Å². The first-order valence-electron chi connectivity index (χ1n) is 18.5. The first-order valence-corrected chi connectivity index (χ1v) is 18.5. The van der Waals surface area contributed by atoms with Gasteiger partial charge in [-0.15, -0.1) is 0 Å². The molecular weight excluding hydrogens is 696 g/mol. The number of nitrogens with one attached hydrogen (secondary N) is 1. The molecule has 0 fully saturated rings. The Bertz CT molecular complexity index is 2090. The van der Waals surface area contributed by atoms with Crippen molar-refractivity contribution in [2.75, 3.05) is 13.6 Å². The Morgan fingerprint density at radius 1 is 1.11 bits per heavy atom. The number of rotatable bonds is 15. The molecule has 0 spiro atoms. The largest absolute Gasteiger partial charge is 0.458 e. The van der Waals surface area contributed by atoms with Gasteiger partial charge in [-0.1, -0.05) is 46.5 Å². The van der Waals surface area contributed by atoms with Crippen LogP contribution in [-0.4, -0.2) is 74.7 Å². The van der Waals surface area contributed by atoms with Crippen LogP contribution < -0.4 is 21.3 Å². The zero-order valence-corrected chi connectivity index (χ0v) is 31.5. The molecule has 0 radical (unpaired) electrons. The monoisotopic (exact) mass is 744 g/mol. The van der Waals surface area contributed by atoms with Gasteiger partial charge in [-0.3, -0.25) is 19.2 Å². The number of hydrogen-bond acceptors (Lipinski definition) is 10. The maximum Gasteiger partial charge on any atom is 0.415 e. The van der Waals surface area contributed by atoms with E-state index in [-0.39, 0.29) is 60.7 Å². The lowest BCUT2D eigenvalue weighted by Gasteiger charge is -2.31. The number of fused-ring (bicyclic) bond motifs is 5. The van der Waals surface area contributed by atoms with E-state index in [2.05, 4.69) is 17.2 Å². The number of amides is 4. The van der Waals surface area contributed by atoms with Crippen LogP contribution in [0.5, 0.6) is 5.75 Å². The van der Waals surface area contributed by atoms with Crippen molar-refractivity contribution in [3.05, 3.63) is 56.9 Å². The number of pyridine rings is 2. The highest BCUT2D eigenvalue weighted by Gasteiger charge is 2.45. The fourth-order valence-corrected chi connectivity index (χ4v) is 7.05. The summed E-state index contributed by atoms with van der Waals surface area (Å²) in [7, 11) is 1.51. The number of aliphatic imine (C=N–C) groups is 1. The third-order valence-electron chi connectivity index (χ3n) is 9.93. The molecule has 2 aromatic heterocycles. The molecular formula is C39H48N6O9. The highest BCUT2D eigenvalue weighted by atomic mass is 16.6. The zero-order chi connectivity index (χ0) is 39.3. The van der Waals surface area contributed by atoms with E-state index in [1.54, 1.807) is 42.7 Å². The molecule has 15 nitrogen and oxygen atoms in total. The van der Waals surface area contributed by atoms with Crippen LogP contribution in [-0.2, 0) is 49.1 Å². The molecule has 0 aliphatic carbocycles. The maximum absolute atomic E-state index is 13.6. The molecule has 4 heterocycles. The van der Waals surface area contributed by atoms with E-state index >= 15 is 0 Å². The van der Waals surface area contributed by atoms with Crippen LogP contribution in [0.25, 0.3) is 22.3 Å². The summed E-state index contributed by atoms with van der Waals surface area (Å²) in [5, 5.41) is 14.6. The van der Waals surface area contributed by atoms with Crippen LogP contribution in [0.3, 0.4) is 0 Å². The Balaban J connectivity index is 1.29. The third-order valence-corrected chi connectivity index (χ3v) is 9.93. The summed E-state index contributed by atoms with van der Waals surface area (Å²) < 4.78 is 12.5. The van der Waals surface area contributed by atoms with Crippen molar-refractivity contribution in [3.63, 3.8) is 0 Å². The molecule has 5 rings (SSSR count). The van der Waals surface area contributed by atoms with E-state index in [1.165, 1.54) is 11.9 Å². The molecule has 288 valence electrons. The highest BCUT2D eigenvalue weighted by Crippen LogP contribution is 2.40. The smallest absolute Gasteiger partial charge is 0.415 e. The minimum Gasteiger partial charge on any atom is -0.458 e. The van der Waals surface area contributed by atoms with Crippen LogP contribution in [0.15, 0.2) is 34.1 Å². The first kappa shape index (κ1) is 39.8. The van der Waals surface area contributed by atoms with Crippen LogP contribution in [0.2, 0.25) is 0 Å². The Morgan fingerprint density at radius 3 is 2.54 bits per heavy atom. The molecule has 2 aliphatic rings. The van der Waals surface area contributed by atoms with Crippen LogP contribution >= 0.6 is 0 Å². The average Bonchev–Trinajstić information content (AvgIpc) is 3.50.